The van der Waals surface area contributed by atoms with Crippen molar-refractivity contribution in [2.24, 2.45) is 0 Å². The highest BCUT2D eigenvalue weighted by Gasteiger charge is 1.84. The van der Waals surface area contributed by atoms with Gasteiger partial charge < -0.3 is 5.32 Å². The molecule has 0 radical (unpaired) electrons. The lowest BCUT2D eigenvalue weighted by molar-refractivity contribution is -0.112. The Hall–Kier alpha value is -0.790. The normalized spacial score (nSPS) is 10.7. The highest BCUT2D eigenvalue weighted by molar-refractivity contribution is 5.87. The molecule has 1 N–H and O–H groups in total. The van der Waals surface area contributed by atoms with Gasteiger partial charge in [-0.2, -0.15) is 0 Å². The van der Waals surface area contributed by atoms with E-state index in [-0.39, 0.29) is 5.78 Å². The van der Waals surface area contributed by atoms with Crippen LogP contribution in [-0.2, 0) is 4.79 Å². The summed E-state index contributed by atoms with van der Waals surface area (Å²) in [6.45, 7) is 5.56. The zero-order valence-corrected chi connectivity index (χ0v) is 6.14. The highest BCUT2D eigenvalue weighted by Crippen LogP contribution is 1.76. The van der Waals surface area contributed by atoms with E-state index in [0.717, 1.165) is 0 Å². The third kappa shape index (κ3) is 7.21. The molecule has 0 aliphatic heterocycles. The van der Waals surface area contributed by atoms with Crippen molar-refractivity contribution < 1.29 is 4.79 Å². The summed E-state index contributed by atoms with van der Waals surface area (Å²) in [5.41, 5.74) is 0. The summed E-state index contributed by atoms with van der Waals surface area (Å²) < 4.78 is 0. The number of rotatable bonds is 3. The van der Waals surface area contributed by atoms with Gasteiger partial charge in [0, 0.05) is 12.2 Å². The maximum Gasteiger partial charge on any atom is 0.154 e. The van der Waals surface area contributed by atoms with Crippen molar-refractivity contribution in [3.8, 4) is 0 Å². The van der Waals surface area contributed by atoms with Crippen molar-refractivity contribution in [1.82, 2.24) is 5.32 Å². The first kappa shape index (κ1) is 8.21. The molecular weight excluding hydrogens is 114 g/mol. The number of carbonyl (C=O) groups is 1. The molecule has 2 heteroatoms. The molecule has 0 fully saturated rings. The Morgan fingerprint density at radius 1 is 1.56 bits per heavy atom. The van der Waals surface area contributed by atoms with Gasteiger partial charge in [0.1, 0.15) is 0 Å². The predicted molar refractivity (Wildman–Crippen MR) is 38.1 cm³/mol. The van der Waals surface area contributed by atoms with Crippen molar-refractivity contribution in [1.29, 1.82) is 0 Å². The van der Waals surface area contributed by atoms with E-state index in [4.69, 9.17) is 0 Å². The van der Waals surface area contributed by atoms with Crippen LogP contribution in [0.5, 0.6) is 0 Å². The van der Waals surface area contributed by atoms with Gasteiger partial charge in [0.25, 0.3) is 0 Å². The van der Waals surface area contributed by atoms with Crippen molar-refractivity contribution >= 4 is 5.78 Å². The summed E-state index contributed by atoms with van der Waals surface area (Å²) in [6, 6.07) is 0.403. The average Bonchev–Trinajstić information content (AvgIpc) is 1.63. The van der Waals surface area contributed by atoms with Crippen LogP contribution in [0, 0.1) is 0 Å². The summed E-state index contributed by atoms with van der Waals surface area (Å²) in [6.07, 6.45) is 3.19. The second-order valence-electron chi connectivity index (χ2n) is 2.27. The molecule has 0 aliphatic rings. The van der Waals surface area contributed by atoms with Gasteiger partial charge in [0.15, 0.2) is 5.78 Å². The number of hydrogen-bond donors (Lipinski definition) is 1. The van der Waals surface area contributed by atoms with Crippen LogP contribution in [0.25, 0.3) is 0 Å². The third-order valence-corrected chi connectivity index (χ3v) is 0.748. The van der Waals surface area contributed by atoms with Crippen LogP contribution in [0.3, 0.4) is 0 Å². The second-order valence-corrected chi connectivity index (χ2v) is 2.27. The van der Waals surface area contributed by atoms with Gasteiger partial charge in [0.05, 0.1) is 0 Å². The number of nitrogens with one attached hydrogen (secondary N) is 1. The molecule has 9 heavy (non-hydrogen) atoms. The van der Waals surface area contributed by atoms with Crippen LogP contribution >= 0.6 is 0 Å². The molecule has 0 heterocycles. The molecule has 0 unspecified atom stereocenters. The van der Waals surface area contributed by atoms with E-state index in [1.807, 2.05) is 13.8 Å². The lowest BCUT2D eigenvalue weighted by atomic mass is 10.4. The van der Waals surface area contributed by atoms with E-state index in [0.29, 0.717) is 6.04 Å². The number of allylic oxidation sites excluding steroid dienone is 1. The third-order valence-electron chi connectivity index (χ3n) is 0.748. The summed E-state index contributed by atoms with van der Waals surface area (Å²) in [7, 11) is 0. The van der Waals surface area contributed by atoms with Crippen LogP contribution in [-0.4, -0.2) is 11.8 Å². The summed E-state index contributed by atoms with van der Waals surface area (Å²) in [5.74, 6) is 0.0724. The van der Waals surface area contributed by atoms with E-state index < -0.39 is 0 Å². The van der Waals surface area contributed by atoms with Gasteiger partial charge in [0.2, 0.25) is 0 Å². The second kappa shape index (κ2) is 4.13. The maximum absolute atomic E-state index is 10.3. The SMILES string of the molecule is CC(=O)/C=C\NC(C)C. The van der Waals surface area contributed by atoms with Gasteiger partial charge in [-0.15, -0.1) is 0 Å². The predicted octanol–water partition coefficient (Wildman–Crippen LogP) is 1.09. The maximum atomic E-state index is 10.3. The van der Waals surface area contributed by atoms with E-state index in [1.54, 1.807) is 6.20 Å². The quantitative estimate of drug-likeness (QED) is 0.575. The van der Waals surface area contributed by atoms with E-state index in [2.05, 4.69) is 5.32 Å². The Balaban J connectivity index is 3.36. The highest BCUT2D eigenvalue weighted by atomic mass is 16.1. The minimum Gasteiger partial charge on any atom is -0.389 e. The minimum absolute atomic E-state index is 0.0724. The molecule has 0 amide bonds. The Labute approximate surface area is 56.0 Å². The monoisotopic (exact) mass is 127 g/mol. The fourth-order valence-corrected chi connectivity index (χ4v) is 0.358. The molecule has 0 rings (SSSR count). The van der Waals surface area contributed by atoms with Crippen molar-refractivity contribution in [2.45, 2.75) is 26.8 Å². The first-order chi connectivity index (χ1) is 4.13. The molecule has 0 aromatic heterocycles. The summed E-state index contributed by atoms with van der Waals surface area (Å²) in [4.78, 5) is 10.3. The van der Waals surface area contributed by atoms with E-state index >= 15 is 0 Å². The Morgan fingerprint density at radius 2 is 2.11 bits per heavy atom. The first-order valence-corrected chi connectivity index (χ1v) is 3.06. The summed E-state index contributed by atoms with van der Waals surface area (Å²) in [5, 5.41) is 2.98. The largest absolute Gasteiger partial charge is 0.389 e. The first-order valence-electron chi connectivity index (χ1n) is 3.06. The molecule has 0 spiro atoms. The lowest BCUT2D eigenvalue weighted by Gasteiger charge is -2.00. The molecule has 2 nitrogen and oxygen atoms in total. The van der Waals surface area contributed by atoms with Crippen molar-refractivity contribution in [3.63, 3.8) is 0 Å². The van der Waals surface area contributed by atoms with Crippen LogP contribution in [0.15, 0.2) is 12.3 Å². The molecular formula is C7H13NO. The zero-order chi connectivity index (χ0) is 7.28. The van der Waals surface area contributed by atoms with Crippen molar-refractivity contribution in [2.75, 3.05) is 0 Å². The Morgan fingerprint density at radius 3 is 2.44 bits per heavy atom. The van der Waals surface area contributed by atoms with Crippen LogP contribution < -0.4 is 5.32 Å². The standard InChI is InChI=1S/C7H13NO/c1-6(2)8-5-4-7(3)9/h4-6,8H,1-3H3/b5-4-. The molecule has 0 atom stereocenters. The van der Waals surface area contributed by atoms with E-state index in [9.17, 15) is 4.79 Å². The fourth-order valence-electron chi connectivity index (χ4n) is 0.358. The van der Waals surface area contributed by atoms with E-state index in [1.165, 1.54) is 13.0 Å². The summed E-state index contributed by atoms with van der Waals surface area (Å²) >= 11 is 0. The molecule has 0 bridgehead atoms. The van der Waals surface area contributed by atoms with Gasteiger partial charge in [-0.05, 0) is 26.8 Å². The molecule has 0 aliphatic carbocycles. The van der Waals surface area contributed by atoms with Gasteiger partial charge in [-0.1, -0.05) is 0 Å². The topological polar surface area (TPSA) is 29.1 Å². The number of ketones is 1. The average molecular weight is 127 g/mol. The van der Waals surface area contributed by atoms with Gasteiger partial charge in [-0.25, -0.2) is 0 Å². The van der Waals surface area contributed by atoms with Crippen LogP contribution in [0.2, 0.25) is 0 Å². The van der Waals surface area contributed by atoms with Crippen molar-refractivity contribution in [3.05, 3.63) is 12.3 Å². The molecule has 0 aromatic rings. The zero-order valence-electron chi connectivity index (χ0n) is 6.14. The fraction of sp³-hybridized carbons (Fsp3) is 0.571. The minimum atomic E-state index is 0.0724. The van der Waals surface area contributed by atoms with Crippen LogP contribution in [0.1, 0.15) is 20.8 Å². The van der Waals surface area contributed by atoms with Gasteiger partial charge in [-0.3, -0.25) is 4.79 Å². The molecule has 52 valence electrons. The Bertz CT molecular complexity index is 116. The molecule has 0 saturated carbocycles. The smallest absolute Gasteiger partial charge is 0.154 e. The lowest BCUT2D eigenvalue weighted by Crippen LogP contribution is -2.15. The van der Waals surface area contributed by atoms with Crippen LogP contribution in [0.4, 0.5) is 0 Å². The van der Waals surface area contributed by atoms with Gasteiger partial charge >= 0.3 is 0 Å². The number of carbonyl (C=O) groups excluding carboxylic acids is 1. The number of hydrogen-bond acceptors (Lipinski definition) is 2. The molecule has 0 saturated heterocycles. The molecule has 0 aromatic carbocycles. The Kier molecular flexibility index (Phi) is 3.76.